The number of aromatic nitrogens is 2. The second-order valence-corrected chi connectivity index (χ2v) is 7.41. The number of rotatable bonds is 7. The predicted octanol–water partition coefficient (Wildman–Crippen LogP) is 3.32. The number of aryl methyl sites for hydroxylation is 1. The fraction of sp³-hybridized carbons (Fsp3) is 0.211. The molecular weight excluding hydrogens is 350 g/mol. The highest BCUT2D eigenvalue weighted by Gasteiger charge is 2.13. The van der Waals surface area contributed by atoms with Crippen LogP contribution in [0.3, 0.4) is 0 Å². The summed E-state index contributed by atoms with van der Waals surface area (Å²) in [6, 6.07) is 16.9. The summed E-state index contributed by atoms with van der Waals surface area (Å²) in [5.41, 5.74) is 2.72. The van der Waals surface area contributed by atoms with E-state index < -0.39 is 10.8 Å². The molecule has 0 spiro atoms. The molecule has 134 valence electrons. The van der Waals surface area contributed by atoms with Crippen LogP contribution in [0, 0.1) is 6.92 Å². The minimum absolute atomic E-state index is 0.136. The molecule has 26 heavy (non-hydrogen) atoms. The first-order valence-corrected chi connectivity index (χ1v) is 9.68. The summed E-state index contributed by atoms with van der Waals surface area (Å²) in [5.74, 6) is 0.981. The highest BCUT2D eigenvalue weighted by atomic mass is 32.2. The van der Waals surface area contributed by atoms with Gasteiger partial charge in [0.2, 0.25) is 17.6 Å². The Hall–Kier alpha value is -2.80. The van der Waals surface area contributed by atoms with Crippen LogP contribution >= 0.6 is 0 Å². The Morgan fingerprint density at radius 3 is 2.58 bits per heavy atom. The van der Waals surface area contributed by atoms with Gasteiger partial charge in [0.1, 0.15) is 5.75 Å². The molecule has 0 fully saturated rings. The number of benzene rings is 2. The van der Waals surface area contributed by atoms with E-state index in [0.717, 1.165) is 16.8 Å². The van der Waals surface area contributed by atoms with E-state index >= 15 is 0 Å². The summed E-state index contributed by atoms with van der Waals surface area (Å²) < 4.78 is 17.3. The largest absolute Gasteiger partial charge is 0.338 e. The first-order chi connectivity index (χ1) is 12.6. The number of nitrogens with one attached hydrogen (secondary N) is 1. The van der Waals surface area contributed by atoms with Crippen LogP contribution in [0.25, 0.3) is 11.4 Å². The Bertz CT molecular complexity index is 892. The first-order valence-electron chi connectivity index (χ1n) is 8.19. The van der Waals surface area contributed by atoms with E-state index in [1.54, 1.807) is 12.1 Å². The average molecular weight is 369 g/mol. The van der Waals surface area contributed by atoms with Crippen molar-refractivity contribution in [1.29, 1.82) is 0 Å². The topological polar surface area (TPSA) is 85.1 Å². The first kappa shape index (κ1) is 18.0. The van der Waals surface area contributed by atoms with Gasteiger partial charge in [-0.2, -0.15) is 4.98 Å². The molecule has 3 rings (SSSR count). The van der Waals surface area contributed by atoms with E-state index in [1.807, 2.05) is 49.4 Å². The zero-order chi connectivity index (χ0) is 18.4. The number of para-hydroxylation sites is 1. The minimum atomic E-state index is -1.25. The van der Waals surface area contributed by atoms with Crippen molar-refractivity contribution in [3.63, 3.8) is 0 Å². The number of hydrogen-bond donors (Lipinski definition) is 1. The summed E-state index contributed by atoms with van der Waals surface area (Å²) in [7, 11) is -1.25. The smallest absolute Gasteiger partial charge is 0.239 e. The monoisotopic (exact) mass is 369 g/mol. The Kier molecular flexibility index (Phi) is 5.91. The van der Waals surface area contributed by atoms with Gasteiger partial charge >= 0.3 is 0 Å². The normalized spacial score (nSPS) is 11.9. The number of carbonyl (C=O) groups is 1. The summed E-state index contributed by atoms with van der Waals surface area (Å²) in [6.45, 7) is 2.00. The molecule has 0 radical (unpaired) electrons. The maximum atomic E-state index is 12.2. The maximum Gasteiger partial charge on any atom is 0.239 e. The third kappa shape index (κ3) is 5.10. The van der Waals surface area contributed by atoms with Gasteiger partial charge < -0.3 is 9.84 Å². The van der Waals surface area contributed by atoms with Crippen LogP contribution in [0.15, 0.2) is 59.1 Å². The van der Waals surface area contributed by atoms with Crippen LogP contribution in [-0.2, 0) is 21.3 Å². The van der Waals surface area contributed by atoms with Crippen LogP contribution in [0.5, 0.6) is 0 Å². The highest BCUT2D eigenvalue weighted by Crippen LogP contribution is 2.17. The average Bonchev–Trinajstić information content (AvgIpc) is 3.10. The number of carbonyl (C=O) groups excluding carboxylic acids is 1. The summed E-state index contributed by atoms with van der Waals surface area (Å²) in [5, 5.41) is 6.69. The van der Waals surface area contributed by atoms with Gasteiger partial charge in [0.05, 0.1) is 0 Å². The van der Waals surface area contributed by atoms with E-state index in [1.165, 1.54) is 0 Å². The van der Waals surface area contributed by atoms with Crippen LogP contribution in [0.4, 0.5) is 5.69 Å². The second-order valence-electron chi connectivity index (χ2n) is 5.83. The molecule has 0 aliphatic carbocycles. The van der Waals surface area contributed by atoms with Crippen LogP contribution < -0.4 is 5.32 Å². The molecule has 0 aliphatic rings. The Labute approximate surface area is 154 Å². The predicted molar refractivity (Wildman–Crippen MR) is 101 cm³/mol. The van der Waals surface area contributed by atoms with Crippen molar-refractivity contribution >= 4 is 22.4 Å². The van der Waals surface area contributed by atoms with Crippen LogP contribution in [-0.4, -0.2) is 26.0 Å². The van der Waals surface area contributed by atoms with Gasteiger partial charge in [-0.15, -0.1) is 0 Å². The SMILES string of the molecule is Cc1ccc(-c2noc(CS(=O)CCC(=O)Nc3ccccc3)n2)cc1. The zero-order valence-corrected chi connectivity index (χ0v) is 15.2. The molecular formula is C19H19N3O3S. The quantitative estimate of drug-likeness (QED) is 0.690. The molecule has 0 aliphatic heterocycles. The van der Waals surface area contributed by atoms with Crippen molar-refractivity contribution in [3.05, 3.63) is 66.1 Å². The van der Waals surface area contributed by atoms with E-state index in [4.69, 9.17) is 4.52 Å². The molecule has 3 aromatic rings. The molecule has 1 amide bonds. The maximum absolute atomic E-state index is 12.2. The third-order valence-corrected chi connectivity index (χ3v) is 4.91. The van der Waals surface area contributed by atoms with Crippen molar-refractivity contribution in [2.24, 2.45) is 0 Å². The van der Waals surface area contributed by atoms with Gasteiger partial charge in [0.25, 0.3) is 0 Å². The number of amides is 1. The Morgan fingerprint density at radius 2 is 1.85 bits per heavy atom. The van der Waals surface area contributed by atoms with E-state index in [9.17, 15) is 9.00 Å². The lowest BCUT2D eigenvalue weighted by molar-refractivity contribution is -0.115. The van der Waals surface area contributed by atoms with E-state index in [2.05, 4.69) is 15.5 Å². The highest BCUT2D eigenvalue weighted by molar-refractivity contribution is 7.84. The molecule has 1 N–H and O–H groups in total. The van der Waals surface area contributed by atoms with Gasteiger partial charge in [0.15, 0.2) is 0 Å². The van der Waals surface area contributed by atoms with Gasteiger partial charge in [-0.05, 0) is 19.1 Å². The fourth-order valence-corrected chi connectivity index (χ4v) is 3.24. The summed E-state index contributed by atoms with van der Waals surface area (Å²) in [6.07, 6.45) is 0.167. The Morgan fingerprint density at radius 1 is 1.12 bits per heavy atom. The van der Waals surface area contributed by atoms with Crippen molar-refractivity contribution in [2.75, 3.05) is 11.1 Å². The lowest BCUT2D eigenvalue weighted by atomic mass is 10.1. The molecule has 2 aromatic carbocycles. The molecule has 7 heteroatoms. The van der Waals surface area contributed by atoms with Gasteiger partial charge in [-0.25, -0.2) is 0 Å². The molecule has 0 saturated heterocycles. The van der Waals surface area contributed by atoms with E-state index in [-0.39, 0.29) is 23.8 Å². The number of anilines is 1. The zero-order valence-electron chi connectivity index (χ0n) is 14.3. The van der Waals surface area contributed by atoms with Gasteiger partial charge in [-0.1, -0.05) is 53.2 Å². The standard InChI is InChI=1S/C19H19N3O3S/c1-14-7-9-15(10-8-14)19-21-18(25-22-19)13-26(24)12-11-17(23)20-16-5-3-2-4-6-16/h2-10H,11-13H2,1H3,(H,20,23). The molecule has 1 unspecified atom stereocenters. The van der Waals surface area contributed by atoms with Crippen molar-refractivity contribution in [3.8, 4) is 11.4 Å². The van der Waals surface area contributed by atoms with Crippen molar-refractivity contribution in [2.45, 2.75) is 19.1 Å². The van der Waals surface area contributed by atoms with E-state index in [0.29, 0.717) is 11.7 Å². The molecule has 1 aromatic heterocycles. The second kappa shape index (κ2) is 8.53. The lowest BCUT2D eigenvalue weighted by Crippen LogP contribution is -2.15. The molecule has 1 atom stereocenters. The Balaban J connectivity index is 1.49. The van der Waals surface area contributed by atoms with Crippen molar-refractivity contribution < 1.29 is 13.5 Å². The summed E-state index contributed by atoms with van der Waals surface area (Å²) in [4.78, 5) is 16.2. The van der Waals surface area contributed by atoms with Gasteiger partial charge in [0, 0.05) is 34.2 Å². The molecule has 6 nitrogen and oxygen atoms in total. The fourth-order valence-electron chi connectivity index (χ4n) is 2.29. The summed E-state index contributed by atoms with van der Waals surface area (Å²) >= 11 is 0. The van der Waals surface area contributed by atoms with Crippen molar-refractivity contribution in [1.82, 2.24) is 10.1 Å². The lowest BCUT2D eigenvalue weighted by Gasteiger charge is -2.04. The minimum Gasteiger partial charge on any atom is -0.338 e. The van der Waals surface area contributed by atoms with Crippen LogP contribution in [0.2, 0.25) is 0 Å². The molecule has 1 heterocycles. The molecule has 0 saturated carbocycles. The molecule has 0 bridgehead atoms. The van der Waals surface area contributed by atoms with Gasteiger partial charge in [-0.3, -0.25) is 9.00 Å². The third-order valence-electron chi connectivity index (χ3n) is 3.68. The number of hydrogen-bond acceptors (Lipinski definition) is 5. The van der Waals surface area contributed by atoms with Crippen LogP contribution in [0.1, 0.15) is 17.9 Å². The number of nitrogens with zero attached hydrogens (tertiary/aromatic N) is 2.